The number of rotatable bonds is 9. The van der Waals surface area contributed by atoms with Gasteiger partial charge in [-0.15, -0.1) is 0 Å². The van der Waals surface area contributed by atoms with E-state index in [1.807, 2.05) is 6.07 Å². The quantitative estimate of drug-likeness (QED) is 0.630. The average molecular weight is 397 g/mol. The highest BCUT2D eigenvalue weighted by Gasteiger charge is 2.18. The largest absolute Gasteiger partial charge is 0.478 e. The summed E-state index contributed by atoms with van der Waals surface area (Å²) < 4.78 is 0. The molecule has 0 aliphatic heterocycles. The van der Waals surface area contributed by atoms with Crippen LogP contribution in [-0.2, 0) is 32.1 Å². The maximum Gasteiger partial charge on any atom is 0.336 e. The molecule has 0 aromatic heterocycles. The van der Waals surface area contributed by atoms with Gasteiger partial charge in [0, 0.05) is 12.3 Å². The molecule has 0 heterocycles. The minimum absolute atomic E-state index is 0.00147. The van der Waals surface area contributed by atoms with Gasteiger partial charge in [-0.3, -0.25) is 9.59 Å². The zero-order chi connectivity index (χ0) is 21.2. The molecule has 152 valence electrons. The molecule has 2 N–H and O–H groups in total. The van der Waals surface area contributed by atoms with Crippen LogP contribution in [0.5, 0.6) is 0 Å². The van der Waals surface area contributed by atoms with Crippen LogP contribution in [0, 0.1) is 5.92 Å². The molecular weight excluding hydrogens is 374 g/mol. The molecule has 1 amide bonds. The number of nitrogens with one attached hydrogen (secondary N) is 1. The lowest BCUT2D eigenvalue weighted by Crippen LogP contribution is -2.28. The van der Waals surface area contributed by atoms with Gasteiger partial charge in [0.25, 0.3) is 5.91 Å². The number of hydrogen-bond acceptors (Lipinski definition) is 5. The molecule has 1 unspecified atom stereocenters. The molecule has 2 aromatic carbocycles. The van der Waals surface area contributed by atoms with Crippen molar-refractivity contribution in [3.63, 3.8) is 0 Å². The van der Waals surface area contributed by atoms with Gasteiger partial charge in [0.15, 0.2) is 0 Å². The van der Waals surface area contributed by atoms with Crippen LogP contribution in [0.15, 0.2) is 54.6 Å². The Labute approximate surface area is 168 Å². The summed E-state index contributed by atoms with van der Waals surface area (Å²) in [5.41, 5.74) is 3.73. The number of amides is 1. The van der Waals surface area contributed by atoms with E-state index in [0.29, 0.717) is 12.0 Å². The van der Waals surface area contributed by atoms with Crippen molar-refractivity contribution in [3.8, 4) is 0 Å². The number of aromatic carboxylic acids is 1. The lowest BCUT2D eigenvalue weighted by atomic mass is 9.91. The summed E-state index contributed by atoms with van der Waals surface area (Å²) in [5.74, 6) is -2.66. The molecule has 0 spiro atoms. The Morgan fingerprint density at radius 1 is 1.00 bits per heavy atom. The highest BCUT2D eigenvalue weighted by Crippen LogP contribution is 2.17. The fourth-order valence-corrected chi connectivity index (χ4v) is 2.83. The third kappa shape index (κ3) is 7.57. The Bertz CT molecular complexity index is 878. The van der Waals surface area contributed by atoms with E-state index in [1.54, 1.807) is 36.4 Å². The third-order valence-corrected chi connectivity index (χ3v) is 4.42. The highest BCUT2D eigenvalue weighted by atomic mass is 16.7. The molecule has 2 rings (SSSR count). The number of hydroxylamine groups is 1. The second-order valence-corrected chi connectivity index (χ2v) is 6.72. The van der Waals surface area contributed by atoms with Crippen LogP contribution >= 0.6 is 0 Å². The van der Waals surface area contributed by atoms with E-state index in [-0.39, 0.29) is 30.6 Å². The number of carbonyl (C=O) groups excluding carboxylic acids is 3. The third-order valence-electron chi connectivity index (χ3n) is 4.42. The maximum atomic E-state index is 11.9. The molecule has 7 nitrogen and oxygen atoms in total. The SMILES string of the molecule is CC(=O)C(CCC(=O)NOC(=O)Cc1ccccc1)Cc1cccc(C(=O)O)c1. The van der Waals surface area contributed by atoms with Gasteiger partial charge in [-0.05, 0) is 43.0 Å². The lowest BCUT2D eigenvalue weighted by molar-refractivity contribution is -0.157. The molecule has 0 fully saturated rings. The first-order chi connectivity index (χ1) is 13.8. The second kappa shape index (κ2) is 10.8. The standard InChI is InChI=1S/C22H23NO6/c1-15(24)18(12-17-8-5-9-19(13-17)22(27)28)10-11-20(25)23-29-21(26)14-16-6-3-2-4-7-16/h2-9,13,18H,10-12,14H2,1H3,(H,23,25)(H,27,28). The van der Waals surface area contributed by atoms with Crippen LogP contribution in [0.4, 0.5) is 0 Å². The average Bonchev–Trinajstić information content (AvgIpc) is 2.70. The van der Waals surface area contributed by atoms with Crippen molar-refractivity contribution in [2.75, 3.05) is 0 Å². The fraction of sp³-hybridized carbons (Fsp3) is 0.273. The van der Waals surface area contributed by atoms with Crippen molar-refractivity contribution < 1.29 is 29.1 Å². The van der Waals surface area contributed by atoms with Crippen molar-refractivity contribution in [2.45, 2.75) is 32.6 Å². The van der Waals surface area contributed by atoms with Gasteiger partial charge >= 0.3 is 11.9 Å². The minimum Gasteiger partial charge on any atom is -0.478 e. The molecule has 0 saturated carbocycles. The number of ketones is 1. The maximum absolute atomic E-state index is 11.9. The molecule has 1 atom stereocenters. The molecule has 0 aliphatic rings. The number of carbonyl (C=O) groups is 4. The lowest BCUT2D eigenvalue weighted by Gasteiger charge is -2.14. The van der Waals surface area contributed by atoms with E-state index < -0.39 is 23.8 Å². The summed E-state index contributed by atoms with van der Waals surface area (Å²) in [6, 6.07) is 15.3. The van der Waals surface area contributed by atoms with E-state index in [0.717, 1.165) is 5.56 Å². The van der Waals surface area contributed by atoms with Gasteiger partial charge in [0.05, 0.1) is 12.0 Å². The molecule has 0 aliphatic carbocycles. The van der Waals surface area contributed by atoms with Crippen molar-refractivity contribution in [3.05, 3.63) is 71.3 Å². The first-order valence-electron chi connectivity index (χ1n) is 9.20. The molecule has 29 heavy (non-hydrogen) atoms. The van der Waals surface area contributed by atoms with Gasteiger partial charge < -0.3 is 9.94 Å². The summed E-state index contributed by atoms with van der Waals surface area (Å²) in [4.78, 5) is 51.5. The van der Waals surface area contributed by atoms with Gasteiger partial charge in [0.2, 0.25) is 0 Å². The van der Waals surface area contributed by atoms with Crippen LogP contribution in [-0.4, -0.2) is 28.7 Å². The summed E-state index contributed by atoms with van der Waals surface area (Å²) in [5, 5.41) is 9.06. The zero-order valence-corrected chi connectivity index (χ0v) is 16.1. The van der Waals surface area contributed by atoms with Gasteiger partial charge in [0.1, 0.15) is 5.78 Å². The van der Waals surface area contributed by atoms with Crippen molar-refractivity contribution in [2.24, 2.45) is 5.92 Å². The number of hydrogen-bond donors (Lipinski definition) is 2. The summed E-state index contributed by atoms with van der Waals surface area (Å²) in [7, 11) is 0. The predicted octanol–water partition coefficient (Wildman–Crippen LogP) is 2.73. The summed E-state index contributed by atoms with van der Waals surface area (Å²) >= 11 is 0. The Morgan fingerprint density at radius 3 is 2.34 bits per heavy atom. The number of benzene rings is 2. The van der Waals surface area contributed by atoms with E-state index in [4.69, 9.17) is 9.94 Å². The minimum atomic E-state index is -1.04. The molecule has 0 bridgehead atoms. The smallest absolute Gasteiger partial charge is 0.336 e. The van der Waals surface area contributed by atoms with Crippen LogP contribution in [0.3, 0.4) is 0 Å². The number of carboxylic acid groups (broad SMARTS) is 1. The van der Waals surface area contributed by atoms with Crippen molar-refractivity contribution >= 4 is 23.6 Å². The molecule has 0 saturated heterocycles. The van der Waals surface area contributed by atoms with Crippen molar-refractivity contribution in [1.82, 2.24) is 5.48 Å². The van der Waals surface area contributed by atoms with E-state index in [9.17, 15) is 19.2 Å². The molecule has 7 heteroatoms. The number of carboxylic acids is 1. The van der Waals surface area contributed by atoms with Crippen LogP contribution < -0.4 is 5.48 Å². The van der Waals surface area contributed by atoms with Gasteiger partial charge in [-0.2, -0.15) is 5.48 Å². The molecular formula is C22H23NO6. The first-order valence-corrected chi connectivity index (χ1v) is 9.20. The second-order valence-electron chi connectivity index (χ2n) is 6.72. The van der Waals surface area contributed by atoms with E-state index >= 15 is 0 Å². The predicted molar refractivity (Wildman–Crippen MR) is 105 cm³/mol. The highest BCUT2D eigenvalue weighted by molar-refractivity contribution is 5.88. The monoisotopic (exact) mass is 397 g/mol. The first kappa shape index (κ1) is 21.8. The summed E-state index contributed by atoms with van der Waals surface area (Å²) in [6.45, 7) is 1.43. The van der Waals surface area contributed by atoms with E-state index in [1.165, 1.54) is 19.1 Å². The van der Waals surface area contributed by atoms with Gasteiger partial charge in [-0.25, -0.2) is 9.59 Å². The van der Waals surface area contributed by atoms with Crippen LogP contribution in [0.2, 0.25) is 0 Å². The Morgan fingerprint density at radius 2 is 1.69 bits per heavy atom. The van der Waals surface area contributed by atoms with Crippen LogP contribution in [0.25, 0.3) is 0 Å². The van der Waals surface area contributed by atoms with Crippen LogP contribution in [0.1, 0.15) is 41.3 Å². The molecule has 0 radical (unpaired) electrons. The molecule has 2 aromatic rings. The Balaban J connectivity index is 1.81. The Hall–Kier alpha value is -3.48. The summed E-state index contributed by atoms with van der Waals surface area (Å²) in [6.07, 6.45) is 0.630. The fourth-order valence-electron chi connectivity index (χ4n) is 2.83. The number of Topliss-reactive ketones (excluding diaryl/α,β-unsaturated/α-hetero) is 1. The van der Waals surface area contributed by atoms with E-state index in [2.05, 4.69) is 5.48 Å². The zero-order valence-electron chi connectivity index (χ0n) is 16.1. The van der Waals surface area contributed by atoms with Crippen molar-refractivity contribution in [1.29, 1.82) is 0 Å². The normalized spacial score (nSPS) is 11.3. The Kier molecular flexibility index (Phi) is 8.09. The topological polar surface area (TPSA) is 110 Å². The van der Waals surface area contributed by atoms with Gasteiger partial charge in [-0.1, -0.05) is 42.5 Å².